The Kier molecular flexibility index (Phi) is 7.59. The van der Waals surface area contributed by atoms with Crippen LogP contribution < -0.4 is 0 Å². The molecule has 0 bridgehead atoms. The summed E-state index contributed by atoms with van der Waals surface area (Å²) in [6.07, 6.45) is 0. The van der Waals surface area contributed by atoms with Gasteiger partial charge in [0.15, 0.2) is 11.6 Å². The summed E-state index contributed by atoms with van der Waals surface area (Å²) in [5, 5.41) is 6.38. The molecule has 6 nitrogen and oxygen atoms in total. The minimum absolute atomic E-state index is 0. The molecule has 0 unspecified atom stereocenters. The Hall–Kier alpha value is -7.83. The first-order chi connectivity index (χ1) is 28.2. The molecule has 0 saturated carbocycles. The van der Waals surface area contributed by atoms with Gasteiger partial charge in [0.25, 0.3) is 0 Å². The fourth-order valence-corrected chi connectivity index (χ4v) is 8.47. The SMILES string of the molecule is C.c1ccc(-c2ccc(-c3nc(-c4cc(-c5ccccc5)c5c(c4)oc4ccccc45)nc(-n4c5ccccc5c5ccc6oc7ccccc7c6c54)n3)cc2)cc1. The second-order valence-corrected chi connectivity index (χ2v) is 14.4. The number of para-hydroxylation sites is 3. The highest BCUT2D eigenvalue weighted by atomic mass is 16.3. The summed E-state index contributed by atoms with van der Waals surface area (Å²) in [6, 6.07) is 62.6. The smallest absolute Gasteiger partial charge is 0.238 e. The van der Waals surface area contributed by atoms with Crippen molar-refractivity contribution in [3.05, 3.63) is 182 Å². The van der Waals surface area contributed by atoms with Gasteiger partial charge in [-0.3, -0.25) is 4.57 Å². The van der Waals surface area contributed by atoms with Crippen molar-refractivity contribution in [1.29, 1.82) is 0 Å². The minimum Gasteiger partial charge on any atom is -0.456 e. The lowest BCUT2D eigenvalue weighted by Crippen LogP contribution is -2.06. The van der Waals surface area contributed by atoms with Crippen LogP contribution in [0.25, 0.3) is 117 Å². The molecule has 58 heavy (non-hydrogen) atoms. The van der Waals surface area contributed by atoms with Crippen LogP contribution in [0.2, 0.25) is 0 Å². The molecule has 274 valence electrons. The van der Waals surface area contributed by atoms with E-state index in [9.17, 15) is 0 Å². The largest absolute Gasteiger partial charge is 0.456 e. The van der Waals surface area contributed by atoms with E-state index in [4.69, 9.17) is 23.8 Å². The zero-order valence-corrected chi connectivity index (χ0v) is 30.4. The topological polar surface area (TPSA) is 69.9 Å². The van der Waals surface area contributed by atoms with E-state index in [0.29, 0.717) is 17.6 Å². The van der Waals surface area contributed by atoms with Gasteiger partial charge in [0.05, 0.1) is 16.4 Å². The van der Waals surface area contributed by atoms with Crippen molar-refractivity contribution >= 4 is 65.7 Å². The van der Waals surface area contributed by atoms with Crippen molar-refractivity contribution in [3.8, 4) is 51.0 Å². The molecule has 12 rings (SSSR count). The van der Waals surface area contributed by atoms with Crippen LogP contribution in [0.1, 0.15) is 7.43 Å². The van der Waals surface area contributed by atoms with Crippen molar-refractivity contribution in [2.75, 3.05) is 0 Å². The third-order valence-electron chi connectivity index (χ3n) is 11.1. The van der Waals surface area contributed by atoms with Crippen LogP contribution in [0.5, 0.6) is 0 Å². The van der Waals surface area contributed by atoms with Crippen LogP contribution in [0.4, 0.5) is 0 Å². The predicted molar refractivity (Wildman–Crippen MR) is 237 cm³/mol. The van der Waals surface area contributed by atoms with E-state index in [0.717, 1.165) is 99.1 Å². The van der Waals surface area contributed by atoms with Crippen LogP contribution in [-0.2, 0) is 0 Å². The summed E-state index contributed by atoms with van der Waals surface area (Å²) < 4.78 is 15.2. The van der Waals surface area contributed by atoms with Gasteiger partial charge in [0.2, 0.25) is 5.95 Å². The molecular formula is C52H34N4O2. The van der Waals surface area contributed by atoms with E-state index in [1.54, 1.807) is 0 Å². The lowest BCUT2D eigenvalue weighted by Gasteiger charge is -2.13. The first-order valence-electron chi connectivity index (χ1n) is 19.0. The molecule has 0 aliphatic rings. The number of benzene rings is 8. The Labute approximate surface area is 333 Å². The summed E-state index contributed by atoms with van der Waals surface area (Å²) in [6.45, 7) is 0. The van der Waals surface area contributed by atoms with E-state index in [-0.39, 0.29) is 7.43 Å². The number of nitrogens with zero attached hydrogens (tertiary/aromatic N) is 4. The highest BCUT2D eigenvalue weighted by Gasteiger charge is 2.23. The third kappa shape index (κ3) is 5.16. The van der Waals surface area contributed by atoms with Gasteiger partial charge in [-0.25, -0.2) is 4.98 Å². The quantitative estimate of drug-likeness (QED) is 0.175. The fourth-order valence-electron chi connectivity index (χ4n) is 8.47. The van der Waals surface area contributed by atoms with Gasteiger partial charge in [-0.2, -0.15) is 9.97 Å². The van der Waals surface area contributed by atoms with Crippen molar-refractivity contribution in [2.45, 2.75) is 7.43 Å². The van der Waals surface area contributed by atoms with Crippen LogP contribution in [0.3, 0.4) is 0 Å². The Morgan fingerprint density at radius 2 is 0.914 bits per heavy atom. The van der Waals surface area contributed by atoms with Gasteiger partial charge in [-0.15, -0.1) is 0 Å². The van der Waals surface area contributed by atoms with Gasteiger partial charge in [0, 0.05) is 38.1 Å². The molecule has 0 spiro atoms. The number of hydrogen-bond donors (Lipinski definition) is 0. The Morgan fingerprint density at radius 1 is 0.362 bits per heavy atom. The highest BCUT2D eigenvalue weighted by Crippen LogP contribution is 2.42. The van der Waals surface area contributed by atoms with E-state index >= 15 is 0 Å². The van der Waals surface area contributed by atoms with E-state index in [1.165, 1.54) is 0 Å². The van der Waals surface area contributed by atoms with Crippen molar-refractivity contribution in [1.82, 2.24) is 19.5 Å². The van der Waals surface area contributed by atoms with Crippen molar-refractivity contribution in [3.63, 3.8) is 0 Å². The number of rotatable bonds is 5. The maximum absolute atomic E-state index is 6.56. The molecule has 0 atom stereocenters. The number of furan rings is 2. The molecule has 0 aliphatic carbocycles. The number of hydrogen-bond acceptors (Lipinski definition) is 5. The molecule has 0 fully saturated rings. The molecule has 0 radical (unpaired) electrons. The van der Waals surface area contributed by atoms with Crippen LogP contribution >= 0.6 is 0 Å². The van der Waals surface area contributed by atoms with Gasteiger partial charge >= 0.3 is 0 Å². The van der Waals surface area contributed by atoms with E-state index < -0.39 is 0 Å². The molecular weight excluding hydrogens is 713 g/mol. The minimum atomic E-state index is 0. The standard InChI is InChI=1S/C51H30N4O2.CH4/c1-3-13-31(14-4-1)32-23-25-34(26-24-32)49-52-50(35-29-40(33-15-5-2-6-16-33)46-38-18-8-11-21-42(38)57-45(46)30-35)54-51(53-49)55-41-20-10-7-17-36(41)37-27-28-44-47(48(37)55)39-19-9-12-22-43(39)56-44;/h1-30H;1H4. The Balaban J connectivity index is 0.00000385. The zero-order valence-electron chi connectivity index (χ0n) is 30.4. The molecule has 0 N–H and O–H groups in total. The summed E-state index contributed by atoms with van der Waals surface area (Å²) >= 11 is 0. The molecule has 4 heterocycles. The summed E-state index contributed by atoms with van der Waals surface area (Å²) in [5.41, 5.74) is 11.3. The first-order valence-corrected chi connectivity index (χ1v) is 19.0. The summed E-state index contributed by atoms with van der Waals surface area (Å²) in [4.78, 5) is 15.9. The second kappa shape index (κ2) is 13.1. The molecule has 8 aromatic carbocycles. The van der Waals surface area contributed by atoms with Crippen LogP contribution in [0, 0.1) is 0 Å². The van der Waals surface area contributed by atoms with E-state index in [2.05, 4.69) is 150 Å². The van der Waals surface area contributed by atoms with Crippen molar-refractivity contribution in [2.24, 2.45) is 0 Å². The highest BCUT2D eigenvalue weighted by molar-refractivity contribution is 6.24. The molecule has 4 aromatic heterocycles. The molecule has 6 heteroatoms. The fraction of sp³-hybridized carbons (Fsp3) is 0.0192. The van der Waals surface area contributed by atoms with E-state index in [1.807, 2.05) is 36.4 Å². The maximum Gasteiger partial charge on any atom is 0.238 e. The number of aromatic nitrogens is 4. The van der Waals surface area contributed by atoms with Crippen LogP contribution in [0.15, 0.2) is 191 Å². The average molecular weight is 747 g/mol. The van der Waals surface area contributed by atoms with Gasteiger partial charge in [-0.05, 0) is 64.7 Å². The first kappa shape index (κ1) is 33.5. The van der Waals surface area contributed by atoms with Gasteiger partial charge in [0.1, 0.15) is 22.3 Å². The third-order valence-corrected chi connectivity index (χ3v) is 11.1. The second-order valence-electron chi connectivity index (χ2n) is 14.4. The lowest BCUT2D eigenvalue weighted by molar-refractivity contribution is 0.668. The maximum atomic E-state index is 6.56. The lowest BCUT2D eigenvalue weighted by atomic mass is 9.97. The van der Waals surface area contributed by atoms with Gasteiger partial charge in [-0.1, -0.05) is 147 Å². The number of fused-ring (bicyclic) bond motifs is 10. The van der Waals surface area contributed by atoms with Crippen LogP contribution in [-0.4, -0.2) is 19.5 Å². The normalized spacial score (nSPS) is 11.7. The average Bonchev–Trinajstić information content (AvgIpc) is 3.96. The van der Waals surface area contributed by atoms with Gasteiger partial charge < -0.3 is 8.83 Å². The Morgan fingerprint density at radius 3 is 1.64 bits per heavy atom. The Bertz CT molecular complexity index is 3510. The molecule has 0 saturated heterocycles. The van der Waals surface area contributed by atoms with Crippen molar-refractivity contribution < 1.29 is 8.83 Å². The molecule has 12 aromatic rings. The summed E-state index contributed by atoms with van der Waals surface area (Å²) in [7, 11) is 0. The summed E-state index contributed by atoms with van der Waals surface area (Å²) in [5.74, 6) is 1.62. The monoisotopic (exact) mass is 746 g/mol. The molecule has 0 amide bonds. The predicted octanol–water partition coefficient (Wildman–Crippen LogP) is 14.1. The zero-order chi connectivity index (χ0) is 37.5. The molecule has 0 aliphatic heterocycles.